The number of carbonyl (C=O) groups is 1. The minimum Gasteiger partial charge on any atom is -0.443 e. The number of ether oxygens (including phenoxy) is 1. The first kappa shape index (κ1) is 15.3. The molecular formula is C16H17NO3S. The molecule has 0 aliphatic heterocycles. The zero-order valence-corrected chi connectivity index (χ0v) is 12.8. The Kier molecular flexibility index (Phi) is 4.75. The molecule has 110 valence electrons. The number of hydrogen-bond donors (Lipinski definition) is 0. The standard InChI is InChI=1S/C16H17NO3S/c1-13-8-10-15(11-9-13)21(2,19)17-16(18)20-12-14-6-4-3-5-7-14/h3-11H,12H2,1-2H3. The van der Waals surface area contributed by atoms with Crippen molar-refractivity contribution >= 4 is 15.8 Å². The van der Waals surface area contributed by atoms with Crippen LogP contribution in [0.25, 0.3) is 0 Å². The smallest absolute Gasteiger partial charge is 0.442 e. The summed E-state index contributed by atoms with van der Waals surface area (Å²) in [5.41, 5.74) is 1.92. The summed E-state index contributed by atoms with van der Waals surface area (Å²) in [6, 6.07) is 16.4. The summed E-state index contributed by atoms with van der Waals surface area (Å²) in [5.74, 6) is 0. The van der Waals surface area contributed by atoms with E-state index in [1.165, 1.54) is 6.26 Å². The maximum atomic E-state index is 12.5. The third-order valence-electron chi connectivity index (χ3n) is 2.91. The first-order chi connectivity index (χ1) is 9.97. The van der Waals surface area contributed by atoms with Gasteiger partial charge < -0.3 is 4.74 Å². The molecule has 4 nitrogen and oxygen atoms in total. The van der Waals surface area contributed by atoms with Crippen LogP contribution >= 0.6 is 0 Å². The second-order valence-electron chi connectivity index (χ2n) is 4.75. The van der Waals surface area contributed by atoms with E-state index in [4.69, 9.17) is 4.74 Å². The molecule has 1 unspecified atom stereocenters. The van der Waals surface area contributed by atoms with Crippen molar-refractivity contribution in [3.63, 3.8) is 0 Å². The Bertz CT molecular complexity index is 730. The monoisotopic (exact) mass is 303 g/mol. The molecule has 0 radical (unpaired) electrons. The largest absolute Gasteiger partial charge is 0.443 e. The molecule has 0 N–H and O–H groups in total. The van der Waals surface area contributed by atoms with Crippen molar-refractivity contribution < 1.29 is 13.7 Å². The Morgan fingerprint density at radius 1 is 1.10 bits per heavy atom. The van der Waals surface area contributed by atoms with Gasteiger partial charge in [-0.15, -0.1) is 4.36 Å². The molecule has 0 fully saturated rings. The summed E-state index contributed by atoms with van der Waals surface area (Å²) < 4.78 is 21.2. The third-order valence-corrected chi connectivity index (χ3v) is 4.56. The minimum atomic E-state index is -2.78. The van der Waals surface area contributed by atoms with Gasteiger partial charge in [0.25, 0.3) is 0 Å². The second kappa shape index (κ2) is 6.54. The molecule has 2 rings (SSSR count). The Balaban J connectivity index is 2.08. The van der Waals surface area contributed by atoms with Gasteiger partial charge >= 0.3 is 6.09 Å². The van der Waals surface area contributed by atoms with E-state index in [0.29, 0.717) is 4.90 Å². The lowest BCUT2D eigenvalue weighted by atomic mass is 10.2. The van der Waals surface area contributed by atoms with Gasteiger partial charge in [-0.1, -0.05) is 48.0 Å². The van der Waals surface area contributed by atoms with E-state index < -0.39 is 15.8 Å². The minimum absolute atomic E-state index is 0.118. The van der Waals surface area contributed by atoms with Crippen LogP contribution in [0, 0.1) is 6.92 Å². The van der Waals surface area contributed by atoms with Crippen LogP contribution in [-0.2, 0) is 21.1 Å². The van der Waals surface area contributed by atoms with Gasteiger partial charge in [0, 0.05) is 11.2 Å². The van der Waals surface area contributed by atoms with Crippen LogP contribution in [-0.4, -0.2) is 16.6 Å². The summed E-state index contributed by atoms with van der Waals surface area (Å²) >= 11 is 0. The molecule has 0 saturated carbocycles. The number of amides is 1. The van der Waals surface area contributed by atoms with Crippen molar-refractivity contribution in [2.24, 2.45) is 4.36 Å². The highest BCUT2D eigenvalue weighted by atomic mass is 32.2. The van der Waals surface area contributed by atoms with Crippen molar-refractivity contribution in [1.82, 2.24) is 0 Å². The molecule has 0 aliphatic rings. The lowest BCUT2D eigenvalue weighted by Crippen LogP contribution is -2.05. The van der Waals surface area contributed by atoms with E-state index in [9.17, 15) is 9.00 Å². The summed E-state index contributed by atoms with van der Waals surface area (Å²) in [7, 11) is -2.78. The second-order valence-corrected chi connectivity index (χ2v) is 7.01. The molecule has 1 amide bonds. The first-order valence-electron chi connectivity index (χ1n) is 6.47. The molecule has 0 bridgehead atoms. The summed E-state index contributed by atoms with van der Waals surface area (Å²) in [5, 5.41) is 0. The molecule has 1 atom stereocenters. The van der Waals surface area contributed by atoms with Gasteiger partial charge in [0.15, 0.2) is 0 Å². The summed E-state index contributed by atoms with van der Waals surface area (Å²) in [4.78, 5) is 12.2. The molecule has 0 spiro atoms. The quantitative estimate of drug-likeness (QED) is 0.867. The Hall–Kier alpha value is -2.14. The number of aryl methyl sites for hydroxylation is 1. The van der Waals surface area contributed by atoms with Gasteiger partial charge in [-0.25, -0.2) is 9.00 Å². The maximum absolute atomic E-state index is 12.5. The molecule has 21 heavy (non-hydrogen) atoms. The Labute approximate surface area is 125 Å². The fourth-order valence-corrected chi connectivity index (χ4v) is 2.82. The molecule has 2 aromatic carbocycles. The topological polar surface area (TPSA) is 55.7 Å². The average molecular weight is 303 g/mol. The van der Waals surface area contributed by atoms with Crippen LogP contribution in [0.1, 0.15) is 11.1 Å². The lowest BCUT2D eigenvalue weighted by molar-refractivity contribution is 0.151. The van der Waals surface area contributed by atoms with E-state index in [1.807, 2.05) is 49.4 Å². The van der Waals surface area contributed by atoms with Gasteiger partial charge in [-0.2, -0.15) is 0 Å². The SMILES string of the molecule is Cc1ccc(S(C)(=O)=NC(=O)OCc2ccccc2)cc1. The highest BCUT2D eigenvalue weighted by molar-refractivity contribution is 7.93. The average Bonchev–Trinajstić information content (AvgIpc) is 2.46. The van der Waals surface area contributed by atoms with Crippen molar-refractivity contribution in [2.45, 2.75) is 18.4 Å². The highest BCUT2D eigenvalue weighted by Crippen LogP contribution is 2.13. The highest BCUT2D eigenvalue weighted by Gasteiger charge is 2.10. The molecule has 2 aromatic rings. The molecule has 0 aromatic heterocycles. The Morgan fingerprint density at radius 3 is 2.33 bits per heavy atom. The maximum Gasteiger partial charge on any atom is 0.442 e. The zero-order valence-electron chi connectivity index (χ0n) is 12.0. The number of benzene rings is 2. The van der Waals surface area contributed by atoms with E-state index in [2.05, 4.69) is 4.36 Å². The molecular weight excluding hydrogens is 286 g/mol. The molecule has 5 heteroatoms. The fourth-order valence-electron chi connectivity index (χ4n) is 1.73. The van der Waals surface area contributed by atoms with Crippen LogP contribution in [0.4, 0.5) is 4.79 Å². The predicted octanol–water partition coefficient (Wildman–Crippen LogP) is 3.79. The van der Waals surface area contributed by atoms with Gasteiger partial charge in [0.2, 0.25) is 0 Å². The summed E-state index contributed by atoms with van der Waals surface area (Å²) in [6.45, 7) is 2.05. The van der Waals surface area contributed by atoms with Crippen molar-refractivity contribution in [2.75, 3.05) is 6.26 Å². The first-order valence-corrected chi connectivity index (χ1v) is 8.39. The summed E-state index contributed by atoms with van der Waals surface area (Å²) in [6.07, 6.45) is 0.619. The van der Waals surface area contributed by atoms with Crippen LogP contribution in [0.3, 0.4) is 0 Å². The lowest BCUT2D eigenvalue weighted by Gasteiger charge is -2.05. The predicted molar refractivity (Wildman–Crippen MR) is 82.6 cm³/mol. The van der Waals surface area contributed by atoms with E-state index in [1.54, 1.807) is 12.1 Å². The third kappa shape index (κ3) is 4.43. The van der Waals surface area contributed by atoms with Crippen LogP contribution in [0.5, 0.6) is 0 Å². The molecule has 0 heterocycles. The van der Waals surface area contributed by atoms with Gasteiger partial charge in [-0.3, -0.25) is 0 Å². The zero-order chi connectivity index (χ0) is 15.3. The van der Waals surface area contributed by atoms with Crippen LogP contribution in [0.15, 0.2) is 63.9 Å². The number of carbonyl (C=O) groups excluding carboxylic acids is 1. The normalized spacial score (nSPS) is 13.2. The van der Waals surface area contributed by atoms with E-state index in [0.717, 1.165) is 11.1 Å². The van der Waals surface area contributed by atoms with Gasteiger partial charge in [-0.05, 0) is 24.6 Å². The van der Waals surface area contributed by atoms with Crippen LogP contribution < -0.4 is 0 Å². The van der Waals surface area contributed by atoms with Crippen molar-refractivity contribution in [3.8, 4) is 0 Å². The number of rotatable bonds is 3. The fraction of sp³-hybridized carbons (Fsp3) is 0.188. The van der Waals surface area contributed by atoms with Gasteiger partial charge in [0.1, 0.15) is 6.61 Å². The van der Waals surface area contributed by atoms with E-state index in [-0.39, 0.29) is 6.61 Å². The number of hydrogen-bond acceptors (Lipinski definition) is 3. The van der Waals surface area contributed by atoms with Crippen LogP contribution in [0.2, 0.25) is 0 Å². The van der Waals surface area contributed by atoms with Crippen molar-refractivity contribution in [1.29, 1.82) is 0 Å². The molecule has 0 saturated heterocycles. The van der Waals surface area contributed by atoms with E-state index >= 15 is 0 Å². The Morgan fingerprint density at radius 2 is 1.71 bits per heavy atom. The van der Waals surface area contributed by atoms with Gasteiger partial charge in [0.05, 0.1) is 9.73 Å². The molecule has 0 aliphatic carbocycles. The van der Waals surface area contributed by atoms with Crippen molar-refractivity contribution in [3.05, 3.63) is 65.7 Å². The number of nitrogens with zero attached hydrogens (tertiary/aromatic N) is 1.